The highest BCUT2D eigenvalue weighted by atomic mass is 32.1. The van der Waals surface area contributed by atoms with Crippen LogP contribution in [0.5, 0.6) is 0 Å². The Labute approximate surface area is 84.4 Å². The van der Waals surface area contributed by atoms with Gasteiger partial charge in [0.25, 0.3) is 0 Å². The van der Waals surface area contributed by atoms with Gasteiger partial charge in [0.15, 0.2) is 0 Å². The van der Waals surface area contributed by atoms with Gasteiger partial charge in [-0.1, -0.05) is 13.8 Å². The molecule has 0 saturated carbocycles. The predicted octanol–water partition coefficient (Wildman–Crippen LogP) is 2.55. The van der Waals surface area contributed by atoms with Crippen LogP contribution in [0.25, 0.3) is 0 Å². The molecule has 0 aromatic carbocycles. The Bertz CT molecular complexity index is 257. The summed E-state index contributed by atoms with van der Waals surface area (Å²) in [7, 11) is 0. The standard InChI is InChI=1S/C10H18N2S/c1-5-11-9(4)8(3)10-12-7(2)6-13-10/h6,8-9,11H,5H2,1-4H3. The van der Waals surface area contributed by atoms with Crippen LogP contribution < -0.4 is 5.32 Å². The van der Waals surface area contributed by atoms with E-state index < -0.39 is 0 Å². The minimum atomic E-state index is 0.510. The minimum Gasteiger partial charge on any atom is -0.314 e. The second-order valence-electron chi connectivity index (χ2n) is 3.46. The third kappa shape index (κ3) is 2.78. The first-order valence-corrected chi connectivity index (χ1v) is 5.68. The lowest BCUT2D eigenvalue weighted by atomic mass is 10.1. The third-order valence-electron chi connectivity index (χ3n) is 2.30. The molecule has 0 saturated heterocycles. The second kappa shape index (κ2) is 4.72. The number of hydrogen-bond donors (Lipinski definition) is 1. The molecule has 0 amide bonds. The first-order chi connectivity index (χ1) is 6.15. The number of thiazole rings is 1. The van der Waals surface area contributed by atoms with E-state index in [1.54, 1.807) is 11.3 Å². The van der Waals surface area contributed by atoms with Gasteiger partial charge in [-0.15, -0.1) is 11.3 Å². The fourth-order valence-corrected chi connectivity index (χ4v) is 2.25. The molecule has 0 fully saturated rings. The van der Waals surface area contributed by atoms with Crippen LogP contribution in [0.3, 0.4) is 0 Å². The molecule has 2 atom stereocenters. The molecule has 0 spiro atoms. The highest BCUT2D eigenvalue weighted by molar-refractivity contribution is 7.09. The van der Waals surface area contributed by atoms with E-state index >= 15 is 0 Å². The highest BCUT2D eigenvalue weighted by Gasteiger charge is 2.15. The van der Waals surface area contributed by atoms with E-state index in [1.165, 1.54) is 5.01 Å². The lowest BCUT2D eigenvalue weighted by molar-refractivity contribution is 0.493. The first kappa shape index (κ1) is 10.7. The van der Waals surface area contributed by atoms with E-state index in [-0.39, 0.29) is 0 Å². The van der Waals surface area contributed by atoms with Crippen LogP contribution >= 0.6 is 11.3 Å². The van der Waals surface area contributed by atoms with Crippen LogP contribution in [0, 0.1) is 6.92 Å². The Hall–Kier alpha value is -0.410. The SMILES string of the molecule is CCNC(C)C(C)c1nc(C)cs1. The molecule has 0 aliphatic carbocycles. The van der Waals surface area contributed by atoms with Crippen molar-refractivity contribution < 1.29 is 0 Å². The fraction of sp³-hybridized carbons (Fsp3) is 0.700. The lowest BCUT2D eigenvalue weighted by Gasteiger charge is -2.18. The molecule has 74 valence electrons. The molecule has 1 N–H and O–H groups in total. The maximum Gasteiger partial charge on any atom is 0.0971 e. The van der Waals surface area contributed by atoms with Gasteiger partial charge in [-0.3, -0.25) is 0 Å². The molecular formula is C10H18N2S. The van der Waals surface area contributed by atoms with Gasteiger partial charge in [-0.25, -0.2) is 4.98 Å². The van der Waals surface area contributed by atoms with Gasteiger partial charge in [-0.2, -0.15) is 0 Å². The molecule has 1 rings (SSSR count). The number of nitrogens with one attached hydrogen (secondary N) is 1. The first-order valence-electron chi connectivity index (χ1n) is 4.80. The molecule has 0 radical (unpaired) electrons. The zero-order chi connectivity index (χ0) is 9.84. The van der Waals surface area contributed by atoms with Gasteiger partial charge in [0.05, 0.1) is 5.01 Å². The maximum atomic E-state index is 4.49. The summed E-state index contributed by atoms with van der Waals surface area (Å²) in [4.78, 5) is 4.49. The Balaban J connectivity index is 2.61. The van der Waals surface area contributed by atoms with E-state index in [4.69, 9.17) is 0 Å². The summed E-state index contributed by atoms with van der Waals surface area (Å²) >= 11 is 1.76. The number of aryl methyl sites for hydroxylation is 1. The summed E-state index contributed by atoms with van der Waals surface area (Å²) in [5, 5.41) is 6.78. The van der Waals surface area contributed by atoms with Crippen LogP contribution in [0.15, 0.2) is 5.38 Å². The summed E-state index contributed by atoms with van der Waals surface area (Å²) < 4.78 is 0. The topological polar surface area (TPSA) is 24.9 Å². The maximum absolute atomic E-state index is 4.49. The average molecular weight is 198 g/mol. The van der Waals surface area contributed by atoms with Crippen molar-refractivity contribution in [1.82, 2.24) is 10.3 Å². The summed E-state index contributed by atoms with van der Waals surface area (Å²) in [5.74, 6) is 0.513. The fourth-order valence-electron chi connectivity index (χ4n) is 1.29. The Morgan fingerprint density at radius 2 is 2.23 bits per heavy atom. The highest BCUT2D eigenvalue weighted by Crippen LogP contribution is 2.22. The van der Waals surface area contributed by atoms with Crippen molar-refractivity contribution in [2.24, 2.45) is 0 Å². The zero-order valence-electron chi connectivity index (χ0n) is 8.79. The minimum absolute atomic E-state index is 0.510. The van der Waals surface area contributed by atoms with Crippen molar-refractivity contribution in [3.8, 4) is 0 Å². The molecule has 0 bridgehead atoms. The van der Waals surface area contributed by atoms with E-state index in [2.05, 4.69) is 36.5 Å². The van der Waals surface area contributed by atoms with Crippen molar-refractivity contribution in [2.75, 3.05) is 6.54 Å². The van der Waals surface area contributed by atoms with E-state index in [1.807, 2.05) is 6.92 Å². The summed E-state index contributed by atoms with van der Waals surface area (Å²) in [5.41, 5.74) is 1.13. The van der Waals surface area contributed by atoms with Crippen LogP contribution in [0.1, 0.15) is 37.4 Å². The monoisotopic (exact) mass is 198 g/mol. The number of nitrogens with zero attached hydrogens (tertiary/aromatic N) is 1. The van der Waals surface area contributed by atoms with E-state index in [0.29, 0.717) is 12.0 Å². The molecule has 2 nitrogen and oxygen atoms in total. The van der Waals surface area contributed by atoms with Crippen LogP contribution in [-0.2, 0) is 0 Å². The van der Waals surface area contributed by atoms with Crippen LogP contribution in [-0.4, -0.2) is 17.6 Å². The van der Waals surface area contributed by atoms with Gasteiger partial charge in [0.1, 0.15) is 0 Å². The smallest absolute Gasteiger partial charge is 0.0971 e. The van der Waals surface area contributed by atoms with Crippen LogP contribution in [0.4, 0.5) is 0 Å². The molecule has 13 heavy (non-hydrogen) atoms. The molecule has 1 aromatic rings. The number of hydrogen-bond acceptors (Lipinski definition) is 3. The zero-order valence-corrected chi connectivity index (χ0v) is 9.61. The Morgan fingerprint density at radius 3 is 2.69 bits per heavy atom. The van der Waals surface area contributed by atoms with Gasteiger partial charge in [0.2, 0.25) is 0 Å². The van der Waals surface area contributed by atoms with E-state index in [9.17, 15) is 0 Å². The van der Waals surface area contributed by atoms with Gasteiger partial charge in [-0.05, 0) is 20.4 Å². The van der Waals surface area contributed by atoms with E-state index in [0.717, 1.165) is 12.2 Å². The Kier molecular flexibility index (Phi) is 3.88. The van der Waals surface area contributed by atoms with Crippen molar-refractivity contribution in [1.29, 1.82) is 0 Å². The molecular weight excluding hydrogens is 180 g/mol. The number of rotatable bonds is 4. The molecule has 0 aliphatic rings. The Morgan fingerprint density at radius 1 is 1.54 bits per heavy atom. The van der Waals surface area contributed by atoms with Gasteiger partial charge in [0, 0.05) is 23.0 Å². The number of aromatic nitrogens is 1. The van der Waals surface area contributed by atoms with Crippen LogP contribution in [0.2, 0.25) is 0 Å². The average Bonchev–Trinajstić information content (AvgIpc) is 2.51. The largest absolute Gasteiger partial charge is 0.314 e. The molecule has 2 unspecified atom stereocenters. The molecule has 1 heterocycles. The quantitative estimate of drug-likeness (QED) is 0.804. The van der Waals surface area contributed by atoms with Gasteiger partial charge < -0.3 is 5.32 Å². The summed E-state index contributed by atoms with van der Waals surface area (Å²) in [6.45, 7) is 9.65. The van der Waals surface area contributed by atoms with Crippen molar-refractivity contribution in [2.45, 2.75) is 39.7 Å². The molecule has 0 aliphatic heterocycles. The summed E-state index contributed by atoms with van der Waals surface area (Å²) in [6, 6.07) is 0.510. The second-order valence-corrected chi connectivity index (χ2v) is 4.35. The van der Waals surface area contributed by atoms with Gasteiger partial charge >= 0.3 is 0 Å². The molecule has 1 aromatic heterocycles. The number of likely N-dealkylation sites (N-methyl/N-ethyl adjacent to an activating group) is 1. The van der Waals surface area contributed by atoms with Crippen molar-refractivity contribution in [3.63, 3.8) is 0 Å². The van der Waals surface area contributed by atoms with Crippen molar-refractivity contribution in [3.05, 3.63) is 16.1 Å². The molecule has 3 heteroatoms. The third-order valence-corrected chi connectivity index (χ3v) is 3.47. The van der Waals surface area contributed by atoms with Crippen molar-refractivity contribution >= 4 is 11.3 Å². The predicted molar refractivity (Wildman–Crippen MR) is 58.4 cm³/mol. The summed E-state index contributed by atoms with van der Waals surface area (Å²) in [6.07, 6.45) is 0. The normalized spacial score (nSPS) is 15.7. The lowest BCUT2D eigenvalue weighted by Crippen LogP contribution is -2.30.